The fourth-order valence-electron chi connectivity index (χ4n) is 0.703. The Bertz CT molecular complexity index is 327. The van der Waals surface area contributed by atoms with Crippen LogP contribution in [0, 0.1) is 11.6 Å². The highest BCUT2D eigenvalue weighted by atomic mass is 35.5. The molecule has 2 nitrogen and oxygen atoms in total. The van der Waals surface area contributed by atoms with E-state index >= 15 is 0 Å². The summed E-state index contributed by atoms with van der Waals surface area (Å²) in [6, 6.07) is 2.39. The van der Waals surface area contributed by atoms with E-state index in [9.17, 15) is 8.78 Å². The lowest BCUT2D eigenvalue weighted by Gasteiger charge is -1.98. The molecule has 0 bridgehead atoms. The maximum atomic E-state index is 12.8. The zero-order valence-corrected chi connectivity index (χ0v) is 6.52. The Morgan fingerprint density at radius 1 is 1.33 bits per heavy atom. The summed E-state index contributed by atoms with van der Waals surface area (Å²) >= 11 is 5.26. The summed E-state index contributed by atoms with van der Waals surface area (Å²) in [5.41, 5.74) is -0.153. The zero-order valence-electron chi connectivity index (χ0n) is 5.76. The summed E-state index contributed by atoms with van der Waals surface area (Å²) in [7, 11) is 0. The molecule has 0 saturated heterocycles. The van der Waals surface area contributed by atoms with E-state index in [1.54, 1.807) is 0 Å². The molecule has 0 atom stereocenters. The molecular weight excluding hydrogens is 188 g/mol. The van der Waals surface area contributed by atoms with Gasteiger partial charge < -0.3 is 5.21 Å². The highest BCUT2D eigenvalue weighted by Crippen LogP contribution is 2.19. The molecule has 1 rings (SSSR count). The van der Waals surface area contributed by atoms with E-state index in [1.807, 2.05) is 0 Å². The Hall–Kier alpha value is -1.16. The molecule has 1 aromatic rings. The normalized spacial score (nSPS) is 10.9. The first-order valence-electron chi connectivity index (χ1n) is 2.97. The van der Waals surface area contributed by atoms with Crippen LogP contribution in [0.2, 0.25) is 5.02 Å². The maximum absolute atomic E-state index is 12.8. The van der Waals surface area contributed by atoms with Gasteiger partial charge in [0, 0.05) is 5.56 Å². The molecule has 12 heavy (non-hydrogen) atoms. The van der Waals surface area contributed by atoms with Crippen LogP contribution in [-0.4, -0.2) is 11.4 Å². The van der Waals surface area contributed by atoms with Crippen LogP contribution in [0.15, 0.2) is 17.3 Å². The first-order chi connectivity index (χ1) is 5.66. The smallest absolute Gasteiger partial charge is 0.178 e. The van der Waals surface area contributed by atoms with Crippen molar-refractivity contribution in [2.24, 2.45) is 5.16 Å². The Morgan fingerprint density at radius 2 is 2.00 bits per heavy atom. The van der Waals surface area contributed by atoms with Gasteiger partial charge in [-0.1, -0.05) is 16.8 Å². The van der Waals surface area contributed by atoms with Crippen LogP contribution < -0.4 is 0 Å². The quantitative estimate of drug-likeness (QED) is 0.314. The van der Waals surface area contributed by atoms with Crippen LogP contribution in [-0.2, 0) is 0 Å². The van der Waals surface area contributed by atoms with Crippen LogP contribution in [0.5, 0.6) is 0 Å². The van der Waals surface area contributed by atoms with Gasteiger partial charge in [-0.15, -0.1) is 0 Å². The molecule has 0 amide bonds. The van der Waals surface area contributed by atoms with Gasteiger partial charge >= 0.3 is 0 Å². The zero-order chi connectivity index (χ0) is 9.14. The lowest BCUT2D eigenvalue weighted by atomic mass is 10.2. The summed E-state index contributed by atoms with van der Waals surface area (Å²) in [6.07, 6.45) is 0.786. The molecule has 0 heterocycles. The third kappa shape index (κ3) is 1.53. The van der Waals surface area contributed by atoms with Crippen molar-refractivity contribution < 1.29 is 14.0 Å². The van der Waals surface area contributed by atoms with Crippen molar-refractivity contribution in [2.75, 3.05) is 0 Å². The average molecular weight is 192 g/mol. The van der Waals surface area contributed by atoms with Crippen LogP contribution >= 0.6 is 11.6 Å². The molecule has 0 aliphatic carbocycles. The standard InChI is InChI=1S/C7H4ClF2NO/c8-5-2-1-4(3-11-12)6(9)7(5)10/h1-3,12H/b11-3+. The van der Waals surface area contributed by atoms with Gasteiger partial charge in [-0.2, -0.15) is 0 Å². The number of nitrogens with zero attached hydrogens (tertiary/aromatic N) is 1. The van der Waals surface area contributed by atoms with Gasteiger partial charge in [-0.3, -0.25) is 0 Å². The average Bonchev–Trinajstić information content (AvgIpc) is 2.07. The van der Waals surface area contributed by atoms with Crippen LogP contribution in [0.1, 0.15) is 5.56 Å². The molecule has 1 N–H and O–H groups in total. The second kappa shape index (κ2) is 3.49. The lowest BCUT2D eigenvalue weighted by Crippen LogP contribution is -1.93. The van der Waals surface area contributed by atoms with E-state index in [4.69, 9.17) is 16.8 Å². The van der Waals surface area contributed by atoms with Gasteiger partial charge in [-0.05, 0) is 12.1 Å². The van der Waals surface area contributed by atoms with Gasteiger partial charge in [0.05, 0.1) is 11.2 Å². The minimum absolute atomic E-state index is 0.153. The third-order valence-corrected chi connectivity index (χ3v) is 1.55. The van der Waals surface area contributed by atoms with E-state index in [-0.39, 0.29) is 10.6 Å². The Labute approximate surface area is 72.1 Å². The van der Waals surface area contributed by atoms with Gasteiger partial charge in [0.2, 0.25) is 0 Å². The predicted octanol–water partition coefficient (Wildman–Crippen LogP) is 2.43. The Kier molecular flexibility index (Phi) is 2.60. The highest BCUT2D eigenvalue weighted by Gasteiger charge is 2.10. The number of benzene rings is 1. The highest BCUT2D eigenvalue weighted by molar-refractivity contribution is 6.30. The summed E-state index contributed by atoms with van der Waals surface area (Å²) in [5.74, 6) is -2.27. The molecular formula is C7H4ClF2NO. The third-order valence-electron chi connectivity index (χ3n) is 1.26. The van der Waals surface area contributed by atoms with E-state index in [2.05, 4.69) is 5.16 Å². The van der Waals surface area contributed by atoms with E-state index < -0.39 is 11.6 Å². The lowest BCUT2D eigenvalue weighted by molar-refractivity contribution is 0.321. The number of rotatable bonds is 1. The largest absolute Gasteiger partial charge is 0.411 e. The molecule has 0 saturated carbocycles. The number of hydrogen-bond donors (Lipinski definition) is 1. The molecule has 0 aromatic heterocycles. The minimum atomic E-state index is -1.14. The molecule has 0 fully saturated rings. The first-order valence-corrected chi connectivity index (χ1v) is 3.35. The summed E-state index contributed by atoms with van der Waals surface area (Å²) in [5, 5.41) is 10.3. The molecule has 64 valence electrons. The molecule has 0 radical (unpaired) electrons. The molecule has 0 aliphatic rings. The van der Waals surface area contributed by atoms with Crippen molar-refractivity contribution in [1.29, 1.82) is 0 Å². The van der Waals surface area contributed by atoms with Gasteiger partial charge in [0.15, 0.2) is 11.6 Å². The fourth-order valence-corrected chi connectivity index (χ4v) is 0.849. The van der Waals surface area contributed by atoms with Crippen molar-refractivity contribution in [3.05, 3.63) is 34.4 Å². The van der Waals surface area contributed by atoms with E-state index in [1.165, 1.54) is 12.1 Å². The first kappa shape index (κ1) is 8.93. The molecule has 0 spiro atoms. The summed E-state index contributed by atoms with van der Waals surface area (Å²) in [4.78, 5) is 0. The summed E-state index contributed by atoms with van der Waals surface area (Å²) in [6.45, 7) is 0. The number of oxime groups is 1. The predicted molar refractivity (Wildman–Crippen MR) is 40.7 cm³/mol. The van der Waals surface area contributed by atoms with Gasteiger partial charge in [-0.25, -0.2) is 8.78 Å². The van der Waals surface area contributed by atoms with Crippen molar-refractivity contribution >= 4 is 17.8 Å². The topological polar surface area (TPSA) is 32.6 Å². The Balaban J connectivity index is 3.26. The maximum Gasteiger partial charge on any atom is 0.178 e. The van der Waals surface area contributed by atoms with Crippen LogP contribution in [0.25, 0.3) is 0 Å². The molecule has 5 heteroatoms. The van der Waals surface area contributed by atoms with Crippen molar-refractivity contribution in [2.45, 2.75) is 0 Å². The van der Waals surface area contributed by atoms with E-state index in [0.717, 1.165) is 6.21 Å². The van der Waals surface area contributed by atoms with Crippen LogP contribution in [0.3, 0.4) is 0 Å². The van der Waals surface area contributed by atoms with Crippen molar-refractivity contribution in [3.8, 4) is 0 Å². The van der Waals surface area contributed by atoms with Crippen molar-refractivity contribution in [1.82, 2.24) is 0 Å². The van der Waals surface area contributed by atoms with Gasteiger partial charge in [0.1, 0.15) is 0 Å². The number of hydrogen-bond acceptors (Lipinski definition) is 2. The minimum Gasteiger partial charge on any atom is -0.411 e. The van der Waals surface area contributed by atoms with E-state index in [0.29, 0.717) is 0 Å². The van der Waals surface area contributed by atoms with Crippen LogP contribution in [0.4, 0.5) is 8.78 Å². The molecule has 0 aliphatic heterocycles. The fraction of sp³-hybridized carbons (Fsp3) is 0. The summed E-state index contributed by atoms with van der Waals surface area (Å²) < 4.78 is 25.5. The SMILES string of the molecule is O/N=C/c1ccc(Cl)c(F)c1F. The van der Waals surface area contributed by atoms with Crippen molar-refractivity contribution in [3.63, 3.8) is 0 Å². The Morgan fingerprint density at radius 3 is 2.58 bits per heavy atom. The molecule has 0 unspecified atom stereocenters. The monoisotopic (exact) mass is 191 g/mol. The second-order valence-corrected chi connectivity index (χ2v) is 2.42. The van der Waals surface area contributed by atoms with Gasteiger partial charge in [0.25, 0.3) is 0 Å². The molecule has 1 aromatic carbocycles. The number of halogens is 3. The second-order valence-electron chi connectivity index (χ2n) is 2.01.